The van der Waals surface area contributed by atoms with Crippen LogP contribution in [0.3, 0.4) is 0 Å². The van der Waals surface area contributed by atoms with Crippen molar-refractivity contribution in [2.45, 2.75) is 82.1 Å². The molecule has 2 saturated carbocycles. The summed E-state index contributed by atoms with van der Waals surface area (Å²) in [5.41, 5.74) is 3.87. The summed E-state index contributed by atoms with van der Waals surface area (Å²) in [6.07, 6.45) is 10.3. The molecule has 3 aromatic rings. The Morgan fingerprint density at radius 3 is 2.65 bits per heavy atom. The molecule has 8 nitrogen and oxygen atoms in total. The molecule has 4 atom stereocenters. The van der Waals surface area contributed by atoms with E-state index < -0.39 is 42.3 Å². The highest BCUT2D eigenvalue weighted by Gasteiger charge is 2.40. The normalized spacial score (nSPS) is 23.8. The molecule has 10 heteroatoms. The van der Waals surface area contributed by atoms with Crippen LogP contribution >= 0.6 is 0 Å². The van der Waals surface area contributed by atoms with Crippen LogP contribution in [0.1, 0.15) is 91.0 Å². The number of nitrogens with zero attached hydrogens (tertiary/aromatic N) is 3. The molecule has 1 unspecified atom stereocenters. The molecule has 2 aromatic carbocycles. The van der Waals surface area contributed by atoms with Gasteiger partial charge < -0.3 is 15.5 Å². The predicted molar refractivity (Wildman–Crippen MR) is 180 cm³/mol. The van der Waals surface area contributed by atoms with Gasteiger partial charge in [-0.1, -0.05) is 36.4 Å². The minimum atomic E-state index is -1.35. The Kier molecular flexibility index (Phi) is 9.27. The van der Waals surface area contributed by atoms with Gasteiger partial charge in [0, 0.05) is 24.4 Å². The highest BCUT2D eigenvalue weighted by Crippen LogP contribution is 2.37. The summed E-state index contributed by atoms with van der Waals surface area (Å²) in [6.45, 7) is 3.55. The van der Waals surface area contributed by atoms with Gasteiger partial charge in [-0.05, 0) is 105 Å². The molecule has 3 amide bonds. The van der Waals surface area contributed by atoms with Gasteiger partial charge in [0.15, 0.2) is 0 Å². The van der Waals surface area contributed by atoms with Crippen molar-refractivity contribution in [2.24, 2.45) is 5.92 Å². The summed E-state index contributed by atoms with van der Waals surface area (Å²) in [6, 6.07) is 13.1. The zero-order chi connectivity index (χ0) is 33.4. The van der Waals surface area contributed by atoms with Crippen LogP contribution in [0.15, 0.2) is 54.6 Å². The first-order valence-electron chi connectivity index (χ1n) is 17.4. The highest BCUT2D eigenvalue weighted by atomic mass is 19.1. The Morgan fingerprint density at radius 2 is 1.85 bits per heavy atom. The lowest BCUT2D eigenvalue weighted by Gasteiger charge is -2.33. The molecule has 4 aliphatic rings. The molecule has 2 saturated heterocycles. The average molecular weight is 656 g/mol. The van der Waals surface area contributed by atoms with E-state index >= 15 is 0 Å². The van der Waals surface area contributed by atoms with Gasteiger partial charge in [-0.3, -0.25) is 19.3 Å². The van der Waals surface area contributed by atoms with E-state index in [1.165, 1.54) is 73.4 Å². The second kappa shape index (κ2) is 13.7. The van der Waals surface area contributed by atoms with E-state index in [2.05, 4.69) is 50.9 Å². The Balaban J connectivity index is 1.02. The standard InChI is InChI=1S/C38H43F2N5O3/c1-23(32-18-26(9-8-25(32)7-6-24-4-5-24)28-3-2-16-44(21-28)31-12-13-31)42-38(48)35-19-30(40)22-45(35)36(46)20-41-37(47)34-14-10-27-17-29(39)11-15-33(27)43-34/h6-11,14-15,17-18,23-24,28,30-31,35H,2-5,12-13,16,19-22H2,1H3,(H,41,47)(H,42,48)/b7-6+/t23-,28+,30+,35?/m0/s1. The summed E-state index contributed by atoms with van der Waals surface area (Å²) in [4.78, 5) is 47.8. The molecule has 1 aromatic heterocycles. The number of alkyl halides is 1. The summed E-state index contributed by atoms with van der Waals surface area (Å²) in [5.74, 6) is -0.909. The third-order valence-corrected chi connectivity index (χ3v) is 10.3. The molecule has 3 heterocycles. The average Bonchev–Trinajstić information content (AvgIpc) is 4.04. The second-order valence-corrected chi connectivity index (χ2v) is 14.0. The minimum Gasteiger partial charge on any atom is -0.348 e. The van der Waals surface area contributed by atoms with Crippen LogP contribution in [-0.4, -0.2) is 76.9 Å². The van der Waals surface area contributed by atoms with Crippen molar-refractivity contribution in [3.63, 3.8) is 0 Å². The fraction of sp³-hybridized carbons (Fsp3) is 0.474. The highest BCUT2D eigenvalue weighted by molar-refractivity contribution is 5.97. The molecule has 4 fully saturated rings. The number of hydrogen-bond donors (Lipinski definition) is 2. The number of halogens is 2. The van der Waals surface area contributed by atoms with Gasteiger partial charge in [-0.25, -0.2) is 13.8 Å². The fourth-order valence-electron chi connectivity index (χ4n) is 7.22. The van der Waals surface area contributed by atoms with Crippen molar-refractivity contribution >= 4 is 34.7 Å². The van der Waals surface area contributed by atoms with Crippen LogP contribution in [0.4, 0.5) is 8.78 Å². The Labute approximate surface area is 280 Å². The molecule has 2 aliphatic carbocycles. The van der Waals surface area contributed by atoms with Crippen LogP contribution in [0.25, 0.3) is 17.0 Å². The summed E-state index contributed by atoms with van der Waals surface area (Å²) in [5, 5.41) is 6.19. The zero-order valence-corrected chi connectivity index (χ0v) is 27.3. The van der Waals surface area contributed by atoms with Crippen LogP contribution in [0.5, 0.6) is 0 Å². The second-order valence-electron chi connectivity index (χ2n) is 14.0. The van der Waals surface area contributed by atoms with Gasteiger partial charge in [0.1, 0.15) is 23.7 Å². The fourth-order valence-corrected chi connectivity index (χ4v) is 7.22. The number of carbonyl (C=O) groups is 3. The number of hydrogen-bond acceptors (Lipinski definition) is 5. The molecule has 2 N–H and O–H groups in total. The number of piperidine rings is 1. The number of carbonyl (C=O) groups excluding carboxylic acids is 3. The van der Waals surface area contributed by atoms with Crippen LogP contribution in [0.2, 0.25) is 0 Å². The molecular weight excluding hydrogens is 612 g/mol. The van der Waals surface area contributed by atoms with Crippen LogP contribution in [-0.2, 0) is 9.59 Å². The number of fused-ring (bicyclic) bond motifs is 1. The quantitative estimate of drug-likeness (QED) is 0.293. The van der Waals surface area contributed by atoms with E-state index in [4.69, 9.17) is 0 Å². The number of likely N-dealkylation sites (tertiary alicyclic amines) is 2. The minimum absolute atomic E-state index is 0.0667. The van der Waals surface area contributed by atoms with E-state index in [9.17, 15) is 23.2 Å². The summed E-state index contributed by atoms with van der Waals surface area (Å²) < 4.78 is 28.2. The number of nitrogens with one attached hydrogen (secondary N) is 2. The van der Waals surface area contributed by atoms with Gasteiger partial charge >= 0.3 is 0 Å². The maximum absolute atomic E-state index is 14.7. The van der Waals surface area contributed by atoms with E-state index in [1.54, 1.807) is 6.07 Å². The van der Waals surface area contributed by atoms with Gasteiger partial charge in [-0.2, -0.15) is 0 Å². The Hall–Kier alpha value is -4.18. The first-order valence-corrected chi connectivity index (χ1v) is 17.4. The van der Waals surface area contributed by atoms with Gasteiger partial charge in [-0.15, -0.1) is 0 Å². The van der Waals surface area contributed by atoms with Crippen molar-refractivity contribution in [1.29, 1.82) is 0 Å². The largest absolute Gasteiger partial charge is 0.348 e. The van der Waals surface area contributed by atoms with Gasteiger partial charge in [0.2, 0.25) is 11.8 Å². The van der Waals surface area contributed by atoms with Crippen molar-refractivity contribution in [3.05, 3.63) is 82.8 Å². The van der Waals surface area contributed by atoms with Crippen LogP contribution in [0, 0.1) is 11.7 Å². The monoisotopic (exact) mass is 655 g/mol. The summed E-state index contributed by atoms with van der Waals surface area (Å²) in [7, 11) is 0. The number of aromatic nitrogens is 1. The predicted octanol–water partition coefficient (Wildman–Crippen LogP) is 5.69. The molecule has 252 valence electrons. The number of pyridine rings is 1. The number of amides is 3. The van der Waals surface area contributed by atoms with Crippen molar-refractivity contribution in [3.8, 4) is 0 Å². The molecule has 0 radical (unpaired) electrons. The smallest absolute Gasteiger partial charge is 0.270 e. The molecule has 0 spiro atoms. The number of benzene rings is 2. The lowest BCUT2D eigenvalue weighted by Crippen LogP contribution is -2.49. The van der Waals surface area contributed by atoms with Gasteiger partial charge in [0.25, 0.3) is 5.91 Å². The van der Waals surface area contributed by atoms with Crippen molar-refractivity contribution in [2.75, 3.05) is 26.2 Å². The van der Waals surface area contributed by atoms with E-state index in [0.717, 1.165) is 30.1 Å². The lowest BCUT2D eigenvalue weighted by molar-refractivity contribution is -0.138. The third kappa shape index (κ3) is 7.43. The topological polar surface area (TPSA) is 94.6 Å². The van der Waals surface area contributed by atoms with E-state index in [0.29, 0.717) is 22.7 Å². The van der Waals surface area contributed by atoms with Crippen molar-refractivity contribution in [1.82, 2.24) is 25.4 Å². The molecule has 7 rings (SSSR count). The molecule has 2 aliphatic heterocycles. The maximum atomic E-state index is 14.7. The van der Waals surface area contributed by atoms with Gasteiger partial charge in [0.05, 0.1) is 24.6 Å². The zero-order valence-electron chi connectivity index (χ0n) is 27.3. The van der Waals surface area contributed by atoms with E-state index in [-0.39, 0.29) is 24.7 Å². The lowest BCUT2D eigenvalue weighted by atomic mass is 9.87. The molecule has 0 bridgehead atoms. The number of allylic oxidation sites excluding steroid dienone is 1. The number of rotatable bonds is 10. The first kappa shape index (κ1) is 32.4. The van der Waals surface area contributed by atoms with E-state index in [1.807, 2.05) is 6.92 Å². The first-order chi connectivity index (χ1) is 23.2. The summed E-state index contributed by atoms with van der Waals surface area (Å²) >= 11 is 0. The maximum Gasteiger partial charge on any atom is 0.270 e. The molecule has 48 heavy (non-hydrogen) atoms. The molecular formula is C38H43F2N5O3. The Morgan fingerprint density at radius 1 is 1.02 bits per heavy atom. The van der Waals surface area contributed by atoms with Crippen molar-refractivity contribution < 1.29 is 23.2 Å². The van der Waals surface area contributed by atoms with Crippen LogP contribution < -0.4 is 10.6 Å². The SMILES string of the molecule is C[C@H](NC(=O)C1C[C@@H](F)CN1C(=O)CNC(=O)c1ccc2cc(F)ccc2n1)c1cc([C@@H]2CCCN(C3CC3)C2)ccc1/C=C/C1CC1. The Bertz CT molecular complexity index is 1740. The third-order valence-electron chi connectivity index (χ3n) is 10.3.